The smallest absolute Gasteiger partial charge is 0.144 e. The van der Waals surface area contributed by atoms with Crippen molar-refractivity contribution >= 4 is 22.3 Å². The van der Waals surface area contributed by atoms with Crippen LogP contribution in [0, 0.1) is 0 Å². The maximum atomic E-state index is 12.5. The van der Waals surface area contributed by atoms with E-state index in [9.17, 15) is 5.11 Å². The SMILES string of the molecule is C/C(=C/Nc1ccccc1)c1ccnc(-c2cc(-c3ccc(C(C)(C)C)cc3-c3ccccc3)cc(-c3cc(-c4cc(C(C)(C)C)ccc4-c4ccccc4)cc4c3nc(-c3cc(C(C)(C)C)cc(C(C)(C)C)c3O)n4C)c2)c1. The number of phenols is 1. The summed E-state index contributed by atoms with van der Waals surface area (Å²) in [6.45, 7) is 29.0. The minimum Gasteiger partial charge on any atom is -0.507 e. The van der Waals surface area contributed by atoms with E-state index in [1.54, 1.807) is 0 Å². The van der Waals surface area contributed by atoms with Crippen molar-refractivity contribution in [3.63, 3.8) is 0 Å². The third-order valence-corrected chi connectivity index (χ3v) is 15.6. The Hall–Kier alpha value is -8.28. The average Bonchev–Trinajstić information content (AvgIpc) is 4.05. The van der Waals surface area contributed by atoms with Crippen LogP contribution < -0.4 is 5.32 Å². The first kappa shape index (κ1) is 54.1. The molecule has 0 atom stereocenters. The molecule has 0 bridgehead atoms. The van der Waals surface area contributed by atoms with E-state index in [1.807, 2.05) is 24.4 Å². The topological polar surface area (TPSA) is 63.0 Å². The molecule has 0 fully saturated rings. The molecule has 79 heavy (non-hydrogen) atoms. The third-order valence-electron chi connectivity index (χ3n) is 15.6. The number of imidazole rings is 1. The molecule has 2 aromatic heterocycles. The number of pyridine rings is 1. The number of hydrogen-bond acceptors (Lipinski definition) is 4. The largest absolute Gasteiger partial charge is 0.507 e. The number of nitrogens with zero attached hydrogens (tertiary/aromatic N) is 3. The van der Waals surface area contributed by atoms with Crippen LogP contribution in [0.1, 0.15) is 118 Å². The lowest BCUT2D eigenvalue weighted by Gasteiger charge is -2.27. The molecule has 0 saturated carbocycles. The highest BCUT2D eigenvalue weighted by atomic mass is 16.3. The normalized spacial score (nSPS) is 12.6. The van der Waals surface area contributed by atoms with Crippen LogP contribution in [0.5, 0.6) is 5.75 Å². The second-order valence-corrected chi connectivity index (χ2v) is 25.6. The maximum absolute atomic E-state index is 12.5. The molecule has 0 aliphatic heterocycles. The van der Waals surface area contributed by atoms with Gasteiger partial charge in [-0.05, 0) is 173 Å². The lowest BCUT2D eigenvalue weighted by Crippen LogP contribution is -2.17. The molecule has 2 N–H and O–H groups in total. The van der Waals surface area contributed by atoms with Crippen molar-refractivity contribution in [1.29, 1.82) is 0 Å². The lowest BCUT2D eigenvalue weighted by molar-refractivity contribution is 0.446. The van der Waals surface area contributed by atoms with Gasteiger partial charge in [-0.3, -0.25) is 4.98 Å². The minimum atomic E-state index is -0.326. The molecule has 0 amide bonds. The van der Waals surface area contributed by atoms with Gasteiger partial charge in [-0.2, -0.15) is 0 Å². The van der Waals surface area contributed by atoms with Crippen LogP contribution in [0.15, 0.2) is 194 Å². The van der Waals surface area contributed by atoms with Crippen molar-refractivity contribution in [3.05, 3.63) is 222 Å². The van der Waals surface area contributed by atoms with Crippen LogP contribution in [0.2, 0.25) is 0 Å². The molecule has 0 spiro atoms. The van der Waals surface area contributed by atoms with Crippen molar-refractivity contribution in [2.45, 2.75) is 112 Å². The molecule has 0 aliphatic rings. The summed E-state index contributed by atoms with van der Waals surface area (Å²) < 4.78 is 2.19. The maximum Gasteiger partial charge on any atom is 0.144 e. The molecular formula is C74H76N4O. The van der Waals surface area contributed by atoms with E-state index >= 15 is 0 Å². The average molecular weight is 1040 g/mol. The molecule has 0 saturated heterocycles. The van der Waals surface area contributed by atoms with Gasteiger partial charge in [0.1, 0.15) is 11.6 Å². The van der Waals surface area contributed by atoms with E-state index in [1.165, 1.54) is 11.1 Å². The molecule has 398 valence electrons. The van der Waals surface area contributed by atoms with E-state index < -0.39 is 0 Å². The molecule has 10 rings (SSSR count). The van der Waals surface area contributed by atoms with Gasteiger partial charge in [0, 0.05) is 41.8 Å². The monoisotopic (exact) mass is 1040 g/mol. The highest BCUT2D eigenvalue weighted by molar-refractivity contribution is 6.02. The summed E-state index contributed by atoms with van der Waals surface area (Å²) in [4.78, 5) is 10.8. The van der Waals surface area contributed by atoms with Gasteiger partial charge in [0.2, 0.25) is 0 Å². The summed E-state index contributed by atoms with van der Waals surface area (Å²) in [5.41, 5.74) is 22.4. The minimum absolute atomic E-state index is 0.0692. The number of aromatic nitrogens is 3. The van der Waals surface area contributed by atoms with Gasteiger partial charge >= 0.3 is 0 Å². The van der Waals surface area contributed by atoms with Gasteiger partial charge in [0.05, 0.1) is 22.3 Å². The number of fused-ring (bicyclic) bond motifs is 1. The highest BCUT2D eigenvalue weighted by Gasteiger charge is 2.29. The van der Waals surface area contributed by atoms with E-state index in [4.69, 9.17) is 9.97 Å². The summed E-state index contributed by atoms with van der Waals surface area (Å²) in [6.07, 6.45) is 3.99. The Bertz CT molecular complexity index is 3910. The zero-order valence-corrected chi connectivity index (χ0v) is 48.8. The van der Waals surface area contributed by atoms with Crippen molar-refractivity contribution in [2.75, 3.05) is 5.32 Å². The third kappa shape index (κ3) is 11.2. The van der Waals surface area contributed by atoms with Gasteiger partial charge < -0.3 is 15.0 Å². The van der Waals surface area contributed by atoms with Gasteiger partial charge in [-0.25, -0.2) is 4.98 Å². The summed E-state index contributed by atoms with van der Waals surface area (Å²) in [6, 6.07) is 66.0. The Morgan fingerprint density at radius 3 is 1.52 bits per heavy atom. The van der Waals surface area contributed by atoms with Gasteiger partial charge in [0.25, 0.3) is 0 Å². The Kier molecular flexibility index (Phi) is 14.3. The first-order valence-electron chi connectivity index (χ1n) is 27.8. The van der Waals surface area contributed by atoms with E-state index in [0.717, 1.165) is 111 Å². The standard InChI is InChI=1S/C74H76N4O/c1-47(46-76-58-28-22-17-23-29-58)50-34-35-75-66(40-50)54-37-51(60-33-31-55(71(2,3)4)42-61(60)49-26-20-16-21-27-49)36-52(38-54)63-39-53(62-43-56(72(5,6)7)30-32-59(62)48-24-18-15-19-25-48)41-67-68(63)77-70(78(67)14)64-44-57(73(8,9)10)45-65(69(64)79)74(11,12)13/h15-46,76,79H,1-14H3/b47-46-. The van der Waals surface area contributed by atoms with Gasteiger partial charge in [-0.1, -0.05) is 198 Å². The number of anilines is 1. The summed E-state index contributed by atoms with van der Waals surface area (Å²) in [5.74, 6) is 0.964. The van der Waals surface area contributed by atoms with Crippen LogP contribution in [-0.2, 0) is 28.7 Å². The number of para-hydroxylation sites is 1. The number of aromatic hydroxyl groups is 1. The summed E-state index contributed by atoms with van der Waals surface area (Å²) >= 11 is 0. The number of nitrogens with one attached hydrogen (secondary N) is 1. The molecule has 0 aliphatic carbocycles. The highest BCUT2D eigenvalue weighted by Crippen LogP contribution is 2.47. The van der Waals surface area contributed by atoms with Crippen molar-refractivity contribution in [3.8, 4) is 84.0 Å². The first-order chi connectivity index (χ1) is 37.4. The van der Waals surface area contributed by atoms with Gasteiger partial charge in [0.15, 0.2) is 0 Å². The Morgan fingerprint density at radius 2 is 0.949 bits per heavy atom. The van der Waals surface area contributed by atoms with Crippen molar-refractivity contribution < 1.29 is 5.11 Å². The fraction of sp³-hybridized carbons (Fsp3) is 0.243. The molecule has 2 heterocycles. The molecule has 0 radical (unpaired) electrons. The fourth-order valence-electron chi connectivity index (χ4n) is 10.7. The molecule has 5 heteroatoms. The predicted octanol–water partition coefficient (Wildman–Crippen LogP) is 20.0. The van der Waals surface area contributed by atoms with Crippen LogP contribution in [0.3, 0.4) is 0 Å². The number of benzene rings is 8. The zero-order valence-electron chi connectivity index (χ0n) is 48.8. The van der Waals surface area contributed by atoms with Crippen LogP contribution >= 0.6 is 0 Å². The fourth-order valence-corrected chi connectivity index (χ4v) is 10.7. The number of rotatable bonds is 10. The number of phenolic OH excluding ortho intramolecular Hbond substituents is 1. The van der Waals surface area contributed by atoms with Crippen molar-refractivity contribution in [1.82, 2.24) is 14.5 Å². The summed E-state index contributed by atoms with van der Waals surface area (Å²) in [5, 5.41) is 16.0. The number of aryl methyl sites for hydroxylation is 1. The van der Waals surface area contributed by atoms with E-state index in [2.05, 4.69) is 277 Å². The zero-order chi connectivity index (χ0) is 56.2. The molecule has 5 nitrogen and oxygen atoms in total. The van der Waals surface area contributed by atoms with Gasteiger partial charge in [-0.15, -0.1) is 0 Å². The van der Waals surface area contributed by atoms with Crippen molar-refractivity contribution in [2.24, 2.45) is 7.05 Å². The second kappa shape index (κ2) is 20.8. The predicted molar refractivity (Wildman–Crippen MR) is 337 cm³/mol. The second-order valence-electron chi connectivity index (χ2n) is 25.6. The number of hydrogen-bond donors (Lipinski definition) is 2. The Labute approximate surface area is 469 Å². The molecular weight excluding hydrogens is 961 g/mol. The molecule has 8 aromatic carbocycles. The quantitative estimate of drug-likeness (QED) is 0.143. The van der Waals surface area contributed by atoms with Crippen LogP contribution in [-0.4, -0.2) is 19.6 Å². The Morgan fingerprint density at radius 1 is 0.456 bits per heavy atom. The van der Waals surface area contributed by atoms with E-state index in [-0.39, 0.29) is 27.4 Å². The summed E-state index contributed by atoms with van der Waals surface area (Å²) in [7, 11) is 2.10. The van der Waals surface area contributed by atoms with Crippen LogP contribution in [0.25, 0.3) is 94.9 Å². The molecule has 10 aromatic rings. The van der Waals surface area contributed by atoms with Crippen LogP contribution in [0.4, 0.5) is 5.69 Å². The molecule has 0 unspecified atom stereocenters. The lowest BCUT2D eigenvalue weighted by atomic mass is 9.79. The van der Waals surface area contributed by atoms with E-state index in [0.29, 0.717) is 5.82 Å². The number of allylic oxidation sites excluding steroid dienone is 1. The first-order valence-corrected chi connectivity index (χ1v) is 27.8. The Balaban J connectivity index is 1.30.